The number of hydrogen-bond acceptors (Lipinski definition) is 4. The molecular weight excluding hydrogens is 346 g/mol. The van der Waals surface area contributed by atoms with E-state index in [9.17, 15) is 5.11 Å². The van der Waals surface area contributed by atoms with E-state index in [4.69, 9.17) is 9.47 Å². The lowest BCUT2D eigenvalue weighted by molar-refractivity contribution is 0.0821. The Labute approximate surface area is 141 Å². The lowest BCUT2D eigenvalue weighted by atomic mass is 9.69. The smallest absolute Gasteiger partial charge is 0.166 e. The van der Waals surface area contributed by atoms with Crippen LogP contribution in [0.3, 0.4) is 0 Å². The van der Waals surface area contributed by atoms with Gasteiger partial charge in [-0.25, -0.2) is 0 Å². The monoisotopic (exact) mass is 367 g/mol. The molecule has 1 aromatic rings. The van der Waals surface area contributed by atoms with Crippen molar-refractivity contribution in [2.45, 2.75) is 37.0 Å². The van der Waals surface area contributed by atoms with Gasteiger partial charge < -0.3 is 19.5 Å². The van der Waals surface area contributed by atoms with Gasteiger partial charge in [-0.1, -0.05) is 18.2 Å². The molecular formula is C17H22BrNO3. The number of hydrogen-bond donors (Lipinski definition) is 1. The summed E-state index contributed by atoms with van der Waals surface area (Å²) in [7, 11) is 3.84. The van der Waals surface area contributed by atoms with Crippen LogP contribution in [0.4, 0.5) is 0 Å². The zero-order valence-electron chi connectivity index (χ0n) is 12.9. The van der Waals surface area contributed by atoms with E-state index in [1.165, 1.54) is 11.1 Å². The molecule has 1 aliphatic carbocycles. The average Bonchev–Trinajstić information content (AvgIpc) is 2.72. The second-order valence-corrected chi connectivity index (χ2v) is 6.43. The number of aliphatic hydroxyl groups is 1. The summed E-state index contributed by atoms with van der Waals surface area (Å²) in [6.07, 6.45) is 5.38. The van der Waals surface area contributed by atoms with E-state index >= 15 is 0 Å². The van der Waals surface area contributed by atoms with Crippen molar-refractivity contribution in [3.05, 3.63) is 35.4 Å². The van der Waals surface area contributed by atoms with Crippen molar-refractivity contribution in [2.24, 2.45) is 0 Å². The molecule has 0 amide bonds. The van der Waals surface area contributed by atoms with Crippen molar-refractivity contribution in [3.8, 4) is 11.5 Å². The Kier molecular flexibility index (Phi) is 4.00. The zero-order valence-corrected chi connectivity index (χ0v) is 14.6. The van der Waals surface area contributed by atoms with Crippen molar-refractivity contribution in [3.63, 3.8) is 0 Å². The highest BCUT2D eigenvalue weighted by atomic mass is 79.9. The number of benzene rings is 1. The molecule has 3 atom stereocenters. The standard InChI is InChI=1S/C17H21NO3.BrH/c1-18-8-7-17-6-5-12(19)9-14(17)21-16-13(20-2)4-3-11(10-18)15(16)17;/h3-6,12,14,19H,7-10H2,1-2H3;1H/t12-,14+,17-;/m0./s1. The molecule has 3 aliphatic rings. The molecule has 1 spiro atoms. The summed E-state index contributed by atoms with van der Waals surface area (Å²) < 4.78 is 11.8. The highest BCUT2D eigenvalue weighted by molar-refractivity contribution is 8.93. The lowest BCUT2D eigenvalue weighted by Crippen LogP contribution is -2.42. The summed E-state index contributed by atoms with van der Waals surface area (Å²) in [6.45, 7) is 1.96. The first-order valence-corrected chi connectivity index (χ1v) is 7.57. The fraction of sp³-hybridized carbons (Fsp3) is 0.529. The molecule has 5 heteroatoms. The molecule has 0 saturated heterocycles. The van der Waals surface area contributed by atoms with Crippen molar-refractivity contribution in [2.75, 3.05) is 20.7 Å². The van der Waals surface area contributed by atoms with Crippen LogP contribution in [-0.2, 0) is 12.0 Å². The van der Waals surface area contributed by atoms with Gasteiger partial charge in [-0.05, 0) is 31.6 Å². The molecule has 0 radical (unpaired) electrons. The maximum atomic E-state index is 9.97. The highest BCUT2D eigenvalue weighted by Crippen LogP contribution is 2.55. The van der Waals surface area contributed by atoms with Crippen LogP contribution in [0.2, 0.25) is 0 Å². The van der Waals surface area contributed by atoms with Gasteiger partial charge in [0.1, 0.15) is 6.10 Å². The third-order valence-electron chi connectivity index (χ3n) is 5.15. The fourth-order valence-corrected chi connectivity index (χ4v) is 4.08. The summed E-state index contributed by atoms with van der Waals surface area (Å²) in [5, 5.41) is 9.97. The Morgan fingerprint density at radius 2 is 2.23 bits per heavy atom. The van der Waals surface area contributed by atoms with Crippen molar-refractivity contribution >= 4 is 17.0 Å². The number of nitrogens with zero attached hydrogens (tertiary/aromatic N) is 1. The van der Waals surface area contributed by atoms with Crippen molar-refractivity contribution < 1.29 is 14.6 Å². The molecule has 1 aromatic carbocycles. The molecule has 2 aliphatic heterocycles. The zero-order chi connectivity index (χ0) is 14.6. The lowest BCUT2D eigenvalue weighted by Gasteiger charge is -2.35. The Balaban J connectivity index is 0.00000144. The maximum absolute atomic E-state index is 9.97. The van der Waals surface area contributed by atoms with Gasteiger partial charge in [0.25, 0.3) is 0 Å². The highest BCUT2D eigenvalue weighted by Gasteiger charge is 2.52. The van der Waals surface area contributed by atoms with E-state index in [1.54, 1.807) is 7.11 Å². The summed E-state index contributed by atoms with van der Waals surface area (Å²) >= 11 is 0. The van der Waals surface area contributed by atoms with Crippen LogP contribution in [0, 0.1) is 0 Å². The first-order valence-electron chi connectivity index (χ1n) is 7.57. The first kappa shape index (κ1) is 15.8. The Bertz CT molecular complexity index is 618. The minimum Gasteiger partial charge on any atom is -0.493 e. The van der Waals surface area contributed by atoms with Gasteiger partial charge in [0.15, 0.2) is 11.5 Å². The molecule has 0 aromatic heterocycles. The fourth-order valence-electron chi connectivity index (χ4n) is 4.08. The summed E-state index contributed by atoms with van der Waals surface area (Å²) in [4.78, 5) is 2.35. The van der Waals surface area contributed by atoms with Crippen LogP contribution in [0.5, 0.6) is 11.5 Å². The van der Waals surface area contributed by atoms with Gasteiger partial charge in [0.2, 0.25) is 0 Å². The third kappa shape index (κ3) is 2.10. The molecule has 2 heterocycles. The molecule has 1 N–H and O–H groups in total. The number of methoxy groups -OCH3 is 1. The van der Waals surface area contributed by atoms with E-state index in [1.807, 2.05) is 12.1 Å². The van der Waals surface area contributed by atoms with E-state index in [0.717, 1.165) is 31.0 Å². The van der Waals surface area contributed by atoms with E-state index in [0.29, 0.717) is 6.42 Å². The van der Waals surface area contributed by atoms with Gasteiger partial charge >= 0.3 is 0 Å². The van der Waals surface area contributed by atoms with Crippen LogP contribution < -0.4 is 9.47 Å². The molecule has 4 nitrogen and oxygen atoms in total. The number of ether oxygens (including phenoxy) is 2. The number of rotatable bonds is 1. The van der Waals surface area contributed by atoms with E-state index in [2.05, 4.69) is 24.1 Å². The van der Waals surface area contributed by atoms with Gasteiger partial charge in [0, 0.05) is 18.5 Å². The second-order valence-electron chi connectivity index (χ2n) is 6.43. The second kappa shape index (κ2) is 5.55. The first-order chi connectivity index (χ1) is 10.1. The molecule has 0 bridgehead atoms. The quantitative estimate of drug-likeness (QED) is 0.774. The Hall–Kier alpha value is -1.04. The van der Waals surface area contributed by atoms with Crippen molar-refractivity contribution in [1.29, 1.82) is 0 Å². The maximum Gasteiger partial charge on any atom is 0.166 e. The van der Waals surface area contributed by atoms with Crippen LogP contribution in [0.1, 0.15) is 24.0 Å². The van der Waals surface area contributed by atoms with Gasteiger partial charge in [0.05, 0.1) is 18.6 Å². The predicted octanol–water partition coefficient (Wildman–Crippen LogP) is 2.43. The largest absolute Gasteiger partial charge is 0.493 e. The molecule has 0 fully saturated rings. The number of aliphatic hydroxyl groups excluding tert-OH is 1. The molecule has 120 valence electrons. The molecule has 22 heavy (non-hydrogen) atoms. The summed E-state index contributed by atoms with van der Waals surface area (Å²) in [6, 6.07) is 4.16. The SMILES string of the molecule is Br.COc1ccc2c3c1O[C@@H]1C[C@@H](O)C=C[C@@]31CCN(C)C2. The topological polar surface area (TPSA) is 41.9 Å². The third-order valence-corrected chi connectivity index (χ3v) is 5.15. The summed E-state index contributed by atoms with van der Waals surface area (Å²) in [5.74, 6) is 1.68. The Morgan fingerprint density at radius 1 is 1.41 bits per heavy atom. The normalized spacial score (nSPS) is 32.3. The van der Waals surface area contributed by atoms with Gasteiger partial charge in [-0.2, -0.15) is 0 Å². The number of halogens is 1. The van der Waals surface area contributed by atoms with E-state index < -0.39 is 6.10 Å². The minimum atomic E-state index is -0.412. The van der Waals surface area contributed by atoms with Crippen molar-refractivity contribution in [1.82, 2.24) is 4.90 Å². The summed E-state index contributed by atoms with van der Waals surface area (Å²) in [5.41, 5.74) is 2.48. The van der Waals surface area contributed by atoms with Gasteiger partial charge in [-0.15, -0.1) is 17.0 Å². The molecule has 0 unspecified atom stereocenters. The van der Waals surface area contributed by atoms with Crippen LogP contribution in [0.15, 0.2) is 24.3 Å². The van der Waals surface area contributed by atoms with Crippen LogP contribution >= 0.6 is 17.0 Å². The average molecular weight is 368 g/mol. The van der Waals surface area contributed by atoms with Gasteiger partial charge in [-0.3, -0.25) is 0 Å². The Morgan fingerprint density at radius 3 is 3.00 bits per heavy atom. The van der Waals surface area contributed by atoms with E-state index in [-0.39, 0.29) is 28.5 Å². The predicted molar refractivity (Wildman–Crippen MR) is 90.1 cm³/mol. The molecule has 4 rings (SSSR count). The minimum absolute atomic E-state index is 0. The van der Waals surface area contributed by atoms with Crippen LogP contribution in [0.25, 0.3) is 0 Å². The van der Waals surface area contributed by atoms with Crippen LogP contribution in [-0.4, -0.2) is 42.9 Å². The molecule has 0 saturated carbocycles.